The minimum absolute atomic E-state index is 0.744. The minimum Gasteiger partial charge on any atom is -0.331 e. The molecule has 0 radical (unpaired) electrons. The van der Waals surface area contributed by atoms with Crippen LogP contribution in [-0.4, -0.2) is 19.5 Å². The molecule has 1 fully saturated rings. The van der Waals surface area contributed by atoms with E-state index in [1.165, 1.54) is 18.4 Å². The van der Waals surface area contributed by atoms with E-state index < -0.39 is 0 Å². The molecular formula is C15H14N4. The van der Waals surface area contributed by atoms with Gasteiger partial charge in [-0.25, -0.2) is 15.0 Å². The molecule has 94 valence electrons. The number of imidazole rings is 1. The Labute approximate surface area is 111 Å². The zero-order chi connectivity index (χ0) is 12.8. The van der Waals surface area contributed by atoms with Crippen LogP contribution < -0.4 is 0 Å². The first-order valence-corrected chi connectivity index (χ1v) is 6.56. The second-order valence-corrected chi connectivity index (χ2v) is 5.15. The van der Waals surface area contributed by atoms with E-state index in [-0.39, 0.29) is 0 Å². The molecule has 19 heavy (non-hydrogen) atoms. The van der Waals surface area contributed by atoms with Gasteiger partial charge in [-0.15, -0.1) is 0 Å². The maximum absolute atomic E-state index is 4.51. The number of benzene rings is 1. The van der Waals surface area contributed by atoms with Crippen molar-refractivity contribution in [3.63, 3.8) is 0 Å². The quantitative estimate of drug-likeness (QED) is 0.702. The maximum atomic E-state index is 4.51. The van der Waals surface area contributed by atoms with Gasteiger partial charge in [0.15, 0.2) is 11.5 Å². The fraction of sp³-hybridized carbons (Fsp3) is 0.267. The zero-order valence-corrected chi connectivity index (χ0v) is 10.7. The molecule has 0 N–H and O–H groups in total. The topological polar surface area (TPSA) is 43.6 Å². The third-order valence-electron chi connectivity index (χ3n) is 3.70. The van der Waals surface area contributed by atoms with Crippen molar-refractivity contribution < 1.29 is 0 Å². The molecule has 2 heterocycles. The highest BCUT2D eigenvalue weighted by Crippen LogP contribution is 2.40. The first-order chi connectivity index (χ1) is 9.31. The molecule has 0 amide bonds. The highest BCUT2D eigenvalue weighted by molar-refractivity contribution is 5.72. The smallest absolute Gasteiger partial charge is 0.181 e. The summed E-state index contributed by atoms with van der Waals surface area (Å²) in [7, 11) is 1.95. The van der Waals surface area contributed by atoms with Crippen molar-refractivity contribution in [3.05, 3.63) is 42.4 Å². The van der Waals surface area contributed by atoms with Crippen molar-refractivity contribution >= 4 is 11.2 Å². The largest absolute Gasteiger partial charge is 0.331 e. The molecule has 0 spiro atoms. The summed E-state index contributed by atoms with van der Waals surface area (Å²) in [6.45, 7) is 0. The third kappa shape index (κ3) is 1.80. The first-order valence-electron chi connectivity index (χ1n) is 6.56. The van der Waals surface area contributed by atoms with Gasteiger partial charge in [-0.05, 0) is 24.3 Å². The third-order valence-corrected chi connectivity index (χ3v) is 3.70. The SMILES string of the molecule is Cn1cnc2nc(-c3ccc(C4CC4)cc3)ncc21. The molecule has 2 aromatic heterocycles. The normalized spacial score (nSPS) is 15.0. The van der Waals surface area contributed by atoms with E-state index >= 15 is 0 Å². The van der Waals surface area contributed by atoms with Gasteiger partial charge < -0.3 is 4.57 Å². The number of rotatable bonds is 2. The Morgan fingerprint density at radius 2 is 1.89 bits per heavy atom. The van der Waals surface area contributed by atoms with Crippen molar-refractivity contribution in [2.75, 3.05) is 0 Å². The van der Waals surface area contributed by atoms with Crippen molar-refractivity contribution in [2.24, 2.45) is 7.05 Å². The summed E-state index contributed by atoms with van der Waals surface area (Å²) < 4.78 is 1.93. The Bertz CT molecular complexity index is 738. The Morgan fingerprint density at radius 1 is 1.11 bits per heavy atom. The van der Waals surface area contributed by atoms with Crippen molar-refractivity contribution in [1.82, 2.24) is 19.5 Å². The molecule has 1 saturated carbocycles. The summed E-state index contributed by atoms with van der Waals surface area (Å²) in [6.07, 6.45) is 6.25. The second kappa shape index (κ2) is 3.88. The van der Waals surface area contributed by atoms with E-state index in [0.29, 0.717) is 0 Å². The Balaban J connectivity index is 1.75. The summed E-state index contributed by atoms with van der Waals surface area (Å²) in [5, 5.41) is 0. The van der Waals surface area contributed by atoms with Crippen LogP contribution in [0.5, 0.6) is 0 Å². The van der Waals surface area contributed by atoms with Gasteiger partial charge in [-0.3, -0.25) is 0 Å². The predicted molar refractivity (Wildman–Crippen MR) is 73.7 cm³/mol. The number of hydrogen-bond acceptors (Lipinski definition) is 3. The van der Waals surface area contributed by atoms with E-state index in [9.17, 15) is 0 Å². The fourth-order valence-corrected chi connectivity index (χ4v) is 2.37. The molecule has 0 bridgehead atoms. The summed E-state index contributed by atoms with van der Waals surface area (Å²) in [5.41, 5.74) is 4.19. The lowest BCUT2D eigenvalue weighted by atomic mass is 10.1. The van der Waals surface area contributed by atoms with Crippen LogP contribution in [0.2, 0.25) is 0 Å². The van der Waals surface area contributed by atoms with Crippen molar-refractivity contribution in [1.29, 1.82) is 0 Å². The molecule has 0 unspecified atom stereocenters. The molecular weight excluding hydrogens is 236 g/mol. The van der Waals surface area contributed by atoms with Gasteiger partial charge in [0, 0.05) is 12.6 Å². The highest BCUT2D eigenvalue weighted by atomic mass is 15.1. The van der Waals surface area contributed by atoms with E-state index in [1.54, 1.807) is 6.33 Å². The van der Waals surface area contributed by atoms with Gasteiger partial charge in [0.2, 0.25) is 0 Å². The van der Waals surface area contributed by atoms with Gasteiger partial charge in [-0.2, -0.15) is 0 Å². The molecule has 4 heteroatoms. The number of aryl methyl sites for hydroxylation is 1. The minimum atomic E-state index is 0.744. The average Bonchev–Trinajstić information content (AvgIpc) is 3.24. The number of hydrogen-bond donors (Lipinski definition) is 0. The highest BCUT2D eigenvalue weighted by Gasteiger charge is 2.23. The van der Waals surface area contributed by atoms with E-state index in [0.717, 1.165) is 28.5 Å². The number of fused-ring (bicyclic) bond motifs is 1. The molecule has 1 aliphatic rings. The van der Waals surface area contributed by atoms with Crippen LogP contribution >= 0.6 is 0 Å². The maximum Gasteiger partial charge on any atom is 0.181 e. The van der Waals surface area contributed by atoms with E-state index in [2.05, 4.69) is 39.2 Å². The van der Waals surface area contributed by atoms with Crippen molar-refractivity contribution in [3.8, 4) is 11.4 Å². The van der Waals surface area contributed by atoms with Crippen LogP contribution in [0.3, 0.4) is 0 Å². The summed E-state index contributed by atoms with van der Waals surface area (Å²) >= 11 is 0. The zero-order valence-electron chi connectivity index (χ0n) is 10.7. The van der Waals surface area contributed by atoms with Gasteiger partial charge >= 0.3 is 0 Å². The van der Waals surface area contributed by atoms with E-state index in [1.807, 2.05) is 17.8 Å². The first kappa shape index (κ1) is 10.7. The summed E-state index contributed by atoms with van der Waals surface area (Å²) in [6, 6.07) is 8.60. The van der Waals surface area contributed by atoms with Crippen LogP contribution in [0.25, 0.3) is 22.6 Å². The molecule has 1 aromatic carbocycles. The molecule has 0 aliphatic heterocycles. The molecule has 1 aliphatic carbocycles. The number of nitrogens with zero attached hydrogens (tertiary/aromatic N) is 4. The molecule has 4 nitrogen and oxygen atoms in total. The summed E-state index contributed by atoms with van der Waals surface area (Å²) in [5.74, 6) is 1.53. The predicted octanol–water partition coefficient (Wildman–Crippen LogP) is 2.91. The van der Waals surface area contributed by atoms with Gasteiger partial charge in [0.05, 0.1) is 12.5 Å². The lowest BCUT2D eigenvalue weighted by molar-refractivity contribution is 0.944. The van der Waals surface area contributed by atoms with Crippen LogP contribution in [0, 0.1) is 0 Å². The monoisotopic (exact) mass is 250 g/mol. The van der Waals surface area contributed by atoms with Crippen LogP contribution in [0.15, 0.2) is 36.8 Å². The molecule has 0 saturated heterocycles. The second-order valence-electron chi connectivity index (χ2n) is 5.15. The standard InChI is InChI=1S/C15H14N4/c1-19-9-17-15-13(19)8-16-14(18-15)12-6-4-11(5-7-12)10-2-3-10/h4-10H,2-3H2,1H3. The lowest BCUT2D eigenvalue weighted by Gasteiger charge is -2.02. The summed E-state index contributed by atoms with van der Waals surface area (Å²) in [4.78, 5) is 13.2. The Kier molecular flexibility index (Phi) is 2.18. The Morgan fingerprint density at radius 3 is 2.63 bits per heavy atom. The average molecular weight is 250 g/mol. The van der Waals surface area contributed by atoms with Crippen LogP contribution in [0.4, 0.5) is 0 Å². The molecule has 3 aromatic rings. The van der Waals surface area contributed by atoms with Crippen LogP contribution in [-0.2, 0) is 7.05 Å². The Hall–Kier alpha value is -2.23. The molecule has 0 atom stereocenters. The van der Waals surface area contributed by atoms with Gasteiger partial charge in [-0.1, -0.05) is 24.3 Å². The van der Waals surface area contributed by atoms with E-state index in [4.69, 9.17) is 0 Å². The van der Waals surface area contributed by atoms with Gasteiger partial charge in [0.1, 0.15) is 5.52 Å². The molecule has 4 rings (SSSR count). The van der Waals surface area contributed by atoms with Crippen LogP contribution in [0.1, 0.15) is 24.3 Å². The van der Waals surface area contributed by atoms with Gasteiger partial charge in [0.25, 0.3) is 0 Å². The number of aromatic nitrogens is 4. The lowest BCUT2D eigenvalue weighted by Crippen LogP contribution is -1.92. The van der Waals surface area contributed by atoms with Crippen molar-refractivity contribution in [2.45, 2.75) is 18.8 Å². The fourth-order valence-electron chi connectivity index (χ4n) is 2.37.